The van der Waals surface area contributed by atoms with Crippen LogP contribution in [0.2, 0.25) is 10.0 Å². The largest absolute Gasteiger partial charge is 0.455 e. The standard InChI is InChI=1S/C19H17Cl2N3O5/c20-14-7-6-13(10-15(14)21)22-16(25)8-9-18(27)29-11-17(26)23-24-19(28)12-4-2-1-3-5-12/h1-7,10H,8-9,11H2,(H,22,25)(H,23,26)(H,24,28). The minimum Gasteiger partial charge on any atom is -0.455 e. The van der Waals surface area contributed by atoms with Gasteiger partial charge >= 0.3 is 5.97 Å². The highest BCUT2D eigenvalue weighted by Crippen LogP contribution is 2.25. The van der Waals surface area contributed by atoms with E-state index in [1.54, 1.807) is 36.4 Å². The van der Waals surface area contributed by atoms with Gasteiger partial charge in [-0.2, -0.15) is 0 Å². The lowest BCUT2D eigenvalue weighted by Gasteiger charge is -2.08. The van der Waals surface area contributed by atoms with Crippen molar-refractivity contribution in [1.29, 1.82) is 0 Å². The first-order valence-corrected chi connectivity index (χ1v) is 9.15. The predicted octanol–water partition coefficient (Wildman–Crippen LogP) is 2.72. The van der Waals surface area contributed by atoms with Gasteiger partial charge in [-0.3, -0.25) is 30.0 Å². The maximum Gasteiger partial charge on any atom is 0.306 e. The maximum absolute atomic E-state index is 11.8. The molecule has 8 nitrogen and oxygen atoms in total. The van der Waals surface area contributed by atoms with Gasteiger partial charge in [0.2, 0.25) is 5.91 Å². The number of hydrazine groups is 1. The number of esters is 1. The van der Waals surface area contributed by atoms with Crippen molar-refractivity contribution >= 4 is 52.6 Å². The van der Waals surface area contributed by atoms with E-state index in [0.29, 0.717) is 16.3 Å². The average Bonchev–Trinajstić information content (AvgIpc) is 2.72. The molecule has 0 unspecified atom stereocenters. The Morgan fingerprint density at radius 3 is 2.24 bits per heavy atom. The number of halogens is 2. The van der Waals surface area contributed by atoms with Crippen LogP contribution in [0.5, 0.6) is 0 Å². The van der Waals surface area contributed by atoms with E-state index < -0.39 is 30.3 Å². The van der Waals surface area contributed by atoms with E-state index in [1.807, 2.05) is 0 Å². The summed E-state index contributed by atoms with van der Waals surface area (Å²) in [5.41, 5.74) is 5.12. The molecule has 0 heterocycles. The third-order valence-electron chi connectivity index (χ3n) is 3.48. The van der Waals surface area contributed by atoms with Crippen LogP contribution >= 0.6 is 23.2 Å². The first kappa shape index (κ1) is 22.2. The molecule has 0 aliphatic carbocycles. The molecule has 3 amide bonds. The minimum atomic E-state index is -0.737. The number of hydrogen-bond acceptors (Lipinski definition) is 5. The molecule has 2 aromatic rings. The van der Waals surface area contributed by atoms with Crippen LogP contribution in [-0.4, -0.2) is 30.3 Å². The summed E-state index contributed by atoms with van der Waals surface area (Å²) in [5, 5.41) is 3.20. The van der Waals surface area contributed by atoms with Crippen molar-refractivity contribution < 1.29 is 23.9 Å². The number of carbonyl (C=O) groups excluding carboxylic acids is 4. The van der Waals surface area contributed by atoms with Crippen LogP contribution in [-0.2, 0) is 19.1 Å². The highest BCUT2D eigenvalue weighted by atomic mass is 35.5. The summed E-state index contributed by atoms with van der Waals surface area (Å²) < 4.78 is 4.76. The molecule has 0 bridgehead atoms. The molecule has 0 spiro atoms. The summed E-state index contributed by atoms with van der Waals surface area (Å²) in [5.74, 6) is -2.40. The summed E-state index contributed by atoms with van der Waals surface area (Å²) in [6.07, 6.45) is -0.373. The Bertz CT molecular complexity index is 906. The van der Waals surface area contributed by atoms with Crippen molar-refractivity contribution in [3.63, 3.8) is 0 Å². The number of ether oxygens (including phenoxy) is 1. The third-order valence-corrected chi connectivity index (χ3v) is 4.21. The van der Waals surface area contributed by atoms with E-state index in [2.05, 4.69) is 16.2 Å². The first-order chi connectivity index (χ1) is 13.8. The molecule has 10 heteroatoms. The molecule has 2 aromatic carbocycles. The fourth-order valence-corrected chi connectivity index (χ4v) is 2.35. The van der Waals surface area contributed by atoms with E-state index in [1.165, 1.54) is 12.1 Å². The van der Waals surface area contributed by atoms with Gasteiger partial charge in [-0.05, 0) is 30.3 Å². The van der Waals surface area contributed by atoms with Gasteiger partial charge in [0.1, 0.15) is 0 Å². The lowest BCUT2D eigenvalue weighted by atomic mass is 10.2. The Labute approximate surface area is 176 Å². The van der Waals surface area contributed by atoms with Crippen molar-refractivity contribution in [3.05, 3.63) is 64.1 Å². The fraction of sp³-hybridized carbons (Fsp3) is 0.158. The van der Waals surface area contributed by atoms with E-state index in [-0.39, 0.29) is 17.9 Å². The van der Waals surface area contributed by atoms with Crippen LogP contribution in [0.25, 0.3) is 0 Å². The zero-order valence-corrected chi connectivity index (χ0v) is 16.5. The van der Waals surface area contributed by atoms with Gasteiger partial charge < -0.3 is 10.1 Å². The molecule has 0 saturated heterocycles. The SMILES string of the molecule is O=C(COC(=O)CCC(=O)Nc1ccc(Cl)c(Cl)c1)NNC(=O)c1ccccc1. The van der Waals surface area contributed by atoms with Gasteiger partial charge in [-0.1, -0.05) is 41.4 Å². The Kier molecular flexibility index (Phi) is 8.45. The number of carbonyl (C=O) groups is 4. The predicted molar refractivity (Wildman–Crippen MR) is 107 cm³/mol. The number of anilines is 1. The molecule has 0 aliphatic heterocycles. The monoisotopic (exact) mass is 437 g/mol. The number of amides is 3. The second-order valence-corrected chi connectivity index (χ2v) is 6.52. The topological polar surface area (TPSA) is 114 Å². The number of benzene rings is 2. The molecular formula is C19H17Cl2N3O5. The van der Waals surface area contributed by atoms with Gasteiger partial charge in [-0.15, -0.1) is 0 Å². The summed E-state index contributed by atoms with van der Waals surface area (Å²) in [6, 6.07) is 12.8. The van der Waals surface area contributed by atoms with Crippen LogP contribution in [0.15, 0.2) is 48.5 Å². The van der Waals surface area contributed by atoms with Crippen LogP contribution in [0.1, 0.15) is 23.2 Å². The first-order valence-electron chi connectivity index (χ1n) is 8.40. The third kappa shape index (κ3) is 7.81. The highest BCUT2D eigenvalue weighted by Gasteiger charge is 2.12. The molecule has 29 heavy (non-hydrogen) atoms. The zero-order valence-electron chi connectivity index (χ0n) is 15.0. The lowest BCUT2D eigenvalue weighted by molar-refractivity contribution is -0.149. The van der Waals surface area contributed by atoms with Crippen molar-refractivity contribution in [3.8, 4) is 0 Å². The summed E-state index contributed by atoms with van der Waals surface area (Å²) in [6.45, 7) is -0.595. The van der Waals surface area contributed by atoms with Crippen molar-refractivity contribution in [2.24, 2.45) is 0 Å². The number of hydrogen-bond donors (Lipinski definition) is 3. The molecule has 0 aliphatic rings. The molecule has 152 valence electrons. The lowest BCUT2D eigenvalue weighted by Crippen LogP contribution is -2.43. The summed E-state index contributed by atoms with van der Waals surface area (Å²) in [4.78, 5) is 46.9. The van der Waals surface area contributed by atoms with Crippen molar-refractivity contribution in [2.45, 2.75) is 12.8 Å². The van der Waals surface area contributed by atoms with Crippen LogP contribution in [0.3, 0.4) is 0 Å². The molecule has 0 saturated carbocycles. The van der Waals surface area contributed by atoms with Gasteiger partial charge in [0.25, 0.3) is 11.8 Å². The second kappa shape index (κ2) is 11.0. The van der Waals surface area contributed by atoms with Gasteiger partial charge in [0, 0.05) is 17.7 Å². The van der Waals surface area contributed by atoms with Crippen LogP contribution < -0.4 is 16.2 Å². The summed E-state index contributed by atoms with van der Waals surface area (Å²) in [7, 11) is 0. The van der Waals surface area contributed by atoms with Crippen molar-refractivity contribution in [1.82, 2.24) is 10.9 Å². The average molecular weight is 438 g/mol. The maximum atomic E-state index is 11.8. The molecule has 0 aromatic heterocycles. The van der Waals surface area contributed by atoms with E-state index in [9.17, 15) is 19.2 Å². The molecule has 2 rings (SSSR count). The van der Waals surface area contributed by atoms with Crippen LogP contribution in [0, 0.1) is 0 Å². The molecule has 0 fully saturated rings. The van der Waals surface area contributed by atoms with E-state index in [0.717, 1.165) is 0 Å². The quantitative estimate of drug-likeness (QED) is 0.455. The number of rotatable bonds is 7. The molecule has 3 N–H and O–H groups in total. The Morgan fingerprint density at radius 1 is 0.828 bits per heavy atom. The summed E-state index contributed by atoms with van der Waals surface area (Å²) >= 11 is 11.6. The molecule has 0 atom stereocenters. The van der Waals surface area contributed by atoms with Crippen LogP contribution in [0.4, 0.5) is 5.69 Å². The Morgan fingerprint density at radius 2 is 1.55 bits per heavy atom. The van der Waals surface area contributed by atoms with E-state index in [4.69, 9.17) is 27.9 Å². The Hall–Kier alpha value is -3.10. The zero-order chi connectivity index (χ0) is 21.2. The van der Waals surface area contributed by atoms with E-state index >= 15 is 0 Å². The highest BCUT2D eigenvalue weighted by molar-refractivity contribution is 6.42. The second-order valence-electron chi connectivity index (χ2n) is 5.71. The fourth-order valence-electron chi connectivity index (χ4n) is 2.06. The smallest absolute Gasteiger partial charge is 0.306 e. The minimum absolute atomic E-state index is 0.147. The van der Waals surface area contributed by atoms with Gasteiger partial charge in [-0.25, -0.2) is 0 Å². The van der Waals surface area contributed by atoms with Gasteiger partial charge in [0.15, 0.2) is 6.61 Å². The molecular weight excluding hydrogens is 421 g/mol. The molecule has 0 radical (unpaired) electrons. The van der Waals surface area contributed by atoms with Crippen molar-refractivity contribution in [2.75, 3.05) is 11.9 Å². The number of nitrogens with one attached hydrogen (secondary N) is 3. The Balaban J connectivity index is 1.64. The normalized spacial score (nSPS) is 10.0. The van der Waals surface area contributed by atoms with Gasteiger partial charge in [0.05, 0.1) is 16.5 Å².